The summed E-state index contributed by atoms with van der Waals surface area (Å²) < 4.78 is 9.67. The summed E-state index contributed by atoms with van der Waals surface area (Å²) in [5, 5.41) is 10.00. The largest absolute Gasteiger partial charge is 0.309 e. The average molecular weight is 891 g/mol. The lowest BCUT2D eigenvalue weighted by Gasteiger charge is -2.13. The van der Waals surface area contributed by atoms with E-state index in [2.05, 4.69) is 273 Å². The van der Waals surface area contributed by atoms with Crippen LogP contribution in [-0.4, -0.2) is 18.3 Å². The number of para-hydroxylation sites is 6. The predicted molar refractivity (Wildman–Crippen MR) is 295 cm³/mol. The summed E-state index contributed by atoms with van der Waals surface area (Å²) >= 11 is 0. The van der Waals surface area contributed by atoms with Gasteiger partial charge in [-0.15, -0.1) is 0 Å². The molecule has 15 aromatic rings. The molecular formula is C66H42N4. The number of fused-ring (bicyclic) bond motifs is 12. The Bertz CT molecular complexity index is 4210. The quantitative estimate of drug-likeness (QED) is 0.158. The molecule has 15 rings (SSSR count). The molecule has 70 heavy (non-hydrogen) atoms. The first-order chi connectivity index (χ1) is 34.7. The van der Waals surface area contributed by atoms with E-state index < -0.39 is 0 Å². The highest BCUT2D eigenvalue weighted by Gasteiger charge is 2.19. The van der Waals surface area contributed by atoms with Crippen LogP contribution < -0.4 is 0 Å². The van der Waals surface area contributed by atoms with E-state index in [0.717, 1.165) is 22.7 Å². The van der Waals surface area contributed by atoms with E-state index in [-0.39, 0.29) is 0 Å². The second-order valence-corrected chi connectivity index (χ2v) is 18.5. The normalized spacial score (nSPS) is 12.0. The predicted octanol–water partition coefficient (Wildman–Crippen LogP) is 17.4. The molecule has 0 atom stereocenters. The van der Waals surface area contributed by atoms with Crippen LogP contribution in [0, 0.1) is 0 Å². The smallest absolute Gasteiger partial charge is 0.0542 e. The molecule has 0 aliphatic rings. The van der Waals surface area contributed by atoms with Crippen LogP contribution in [0.3, 0.4) is 0 Å². The van der Waals surface area contributed by atoms with E-state index in [4.69, 9.17) is 0 Å². The third kappa shape index (κ3) is 5.71. The van der Waals surface area contributed by atoms with Crippen LogP contribution >= 0.6 is 0 Å². The minimum Gasteiger partial charge on any atom is -0.309 e. The molecule has 0 amide bonds. The van der Waals surface area contributed by atoms with Gasteiger partial charge < -0.3 is 18.3 Å². The summed E-state index contributed by atoms with van der Waals surface area (Å²) in [6.07, 6.45) is 0. The zero-order chi connectivity index (χ0) is 45.9. The fourth-order valence-corrected chi connectivity index (χ4v) is 11.7. The molecule has 4 nitrogen and oxygen atoms in total. The fraction of sp³-hybridized carbons (Fsp3) is 0. The zero-order valence-corrected chi connectivity index (χ0v) is 38.0. The van der Waals surface area contributed by atoms with Gasteiger partial charge in [0.05, 0.1) is 44.1 Å². The van der Waals surface area contributed by atoms with E-state index in [0.29, 0.717) is 0 Å². The maximum atomic E-state index is 2.43. The van der Waals surface area contributed by atoms with Crippen molar-refractivity contribution >= 4 is 87.2 Å². The molecule has 4 aromatic heterocycles. The highest BCUT2D eigenvalue weighted by molar-refractivity contribution is 6.14. The van der Waals surface area contributed by atoms with Gasteiger partial charge in [-0.2, -0.15) is 0 Å². The second kappa shape index (κ2) is 15.1. The lowest BCUT2D eigenvalue weighted by Crippen LogP contribution is -1.96. The van der Waals surface area contributed by atoms with Crippen molar-refractivity contribution in [1.29, 1.82) is 0 Å². The molecule has 0 unspecified atom stereocenters. The molecule has 0 spiro atoms. The average Bonchev–Trinajstić information content (AvgIpc) is 4.16. The molecule has 4 heterocycles. The van der Waals surface area contributed by atoms with E-state index in [1.807, 2.05) is 0 Å². The van der Waals surface area contributed by atoms with E-state index >= 15 is 0 Å². The standard InChI is InChI=1S/C66H42N4/c1-7-28-59-51(22-1)52-23-2-8-29-60(52)69(59)49-34-36-65-57(41-49)55-26-5-11-32-63(55)67(65)47-20-14-18-45(39-47)43-16-13-17-44(38-43)46-19-15-21-48(40-46)68-64-33-12-6-27-56(64)58-42-50(35-37-66(58)68)70-61-30-9-3-24-53(61)54-25-4-10-31-62(54)70/h1-42H. The minimum atomic E-state index is 1.13. The van der Waals surface area contributed by atoms with E-state index in [1.165, 1.54) is 109 Å². The molecule has 0 radical (unpaired) electrons. The van der Waals surface area contributed by atoms with E-state index in [9.17, 15) is 0 Å². The molecule has 11 aromatic carbocycles. The summed E-state index contributed by atoms with van der Waals surface area (Å²) in [4.78, 5) is 0. The van der Waals surface area contributed by atoms with Gasteiger partial charge in [-0.1, -0.05) is 152 Å². The van der Waals surface area contributed by atoms with Crippen molar-refractivity contribution in [3.05, 3.63) is 255 Å². The second-order valence-electron chi connectivity index (χ2n) is 18.5. The molecule has 0 N–H and O–H groups in total. The first-order valence-corrected chi connectivity index (χ1v) is 24.1. The number of benzene rings is 11. The van der Waals surface area contributed by atoms with Crippen LogP contribution in [0.2, 0.25) is 0 Å². The van der Waals surface area contributed by atoms with Crippen molar-refractivity contribution in [3.63, 3.8) is 0 Å². The summed E-state index contributed by atoms with van der Waals surface area (Å²) in [6.45, 7) is 0. The Morgan fingerprint density at radius 2 is 0.400 bits per heavy atom. The first-order valence-electron chi connectivity index (χ1n) is 24.1. The Hall–Kier alpha value is -9.38. The van der Waals surface area contributed by atoms with Crippen LogP contribution in [0.15, 0.2) is 255 Å². The zero-order valence-electron chi connectivity index (χ0n) is 38.0. The summed E-state index contributed by atoms with van der Waals surface area (Å²) in [7, 11) is 0. The van der Waals surface area contributed by atoms with Crippen molar-refractivity contribution in [3.8, 4) is 45.0 Å². The van der Waals surface area contributed by atoms with Crippen molar-refractivity contribution < 1.29 is 0 Å². The molecule has 0 fully saturated rings. The van der Waals surface area contributed by atoms with Crippen LogP contribution in [-0.2, 0) is 0 Å². The number of hydrogen-bond donors (Lipinski definition) is 0. The molecule has 0 aliphatic heterocycles. The van der Waals surface area contributed by atoms with Crippen molar-refractivity contribution in [2.24, 2.45) is 0 Å². The van der Waals surface area contributed by atoms with Gasteiger partial charge in [-0.05, 0) is 125 Å². The summed E-state index contributed by atoms with van der Waals surface area (Å²) in [5.41, 5.74) is 18.9. The monoisotopic (exact) mass is 890 g/mol. The Morgan fingerprint density at radius 3 is 0.729 bits per heavy atom. The summed E-state index contributed by atoms with van der Waals surface area (Å²) in [5.74, 6) is 0. The van der Waals surface area contributed by atoms with Gasteiger partial charge in [0.1, 0.15) is 0 Å². The van der Waals surface area contributed by atoms with Gasteiger partial charge in [0.2, 0.25) is 0 Å². The summed E-state index contributed by atoms with van der Waals surface area (Å²) in [6, 6.07) is 93.5. The first kappa shape index (κ1) is 38.7. The Morgan fingerprint density at radius 1 is 0.157 bits per heavy atom. The highest BCUT2D eigenvalue weighted by atomic mass is 15.0. The number of nitrogens with zero attached hydrogens (tertiary/aromatic N) is 4. The van der Waals surface area contributed by atoms with Crippen LogP contribution in [0.1, 0.15) is 0 Å². The van der Waals surface area contributed by atoms with Crippen LogP contribution in [0.25, 0.3) is 132 Å². The molecule has 326 valence electrons. The molecule has 0 saturated heterocycles. The van der Waals surface area contributed by atoms with E-state index in [1.54, 1.807) is 0 Å². The van der Waals surface area contributed by atoms with Gasteiger partial charge in [-0.3, -0.25) is 0 Å². The lowest BCUT2D eigenvalue weighted by atomic mass is 9.98. The number of hydrogen-bond acceptors (Lipinski definition) is 0. The van der Waals surface area contributed by atoms with Crippen molar-refractivity contribution in [2.75, 3.05) is 0 Å². The van der Waals surface area contributed by atoms with Gasteiger partial charge in [0.25, 0.3) is 0 Å². The molecule has 0 aliphatic carbocycles. The Balaban J connectivity index is 0.813. The lowest BCUT2D eigenvalue weighted by molar-refractivity contribution is 1.16. The number of aromatic nitrogens is 4. The Labute approximate surface area is 403 Å². The molecule has 4 heteroatoms. The van der Waals surface area contributed by atoms with Gasteiger partial charge in [-0.25, -0.2) is 0 Å². The van der Waals surface area contributed by atoms with Crippen LogP contribution in [0.5, 0.6) is 0 Å². The molecule has 0 saturated carbocycles. The van der Waals surface area contributed by atoms with Gasteiger partial charge in [0, 0.05) is 65.8 Å². The Kier molecular flexibility index (Phi) is 8.33. The minimum absolute atomic E-state index is 1.13. The maximum Gasteiger partial charge on any atom is 0.0542 e. The fourth-order valence-electron chi connectivity index (χ4n) is 11.7. The van der Waals surface area contributed by atoms with Crippen molar-refractivity contribution in [2.45, 2.75) is 0 Å². The molecular weight excluding hydrogens is 849 g/mol. The topological polar surface area (TPSA) is 19.7 Å². The van der Waals surface area contributed by atoms with Gasteiger partial charge in [0.15, 0.2) is 0 Å². The van der Waals surface area contributed by atoms with Crippen molar-refractivity contribution in [1.82, 2.24) is 18.3 Å². The third-order valence-corrected chi connectivity index (χ3v) is 14.7. The maximum absolute atomic E-state index is 2.43. The molecule has 0 bridgehead atoms. The number of rotatable bonds is 6. The SMILES string of the molecule is c1cc(-c2cccc(-n3c4ccccc4c4cc(-n5c6ccccc6c6ccccc65)ccc43)c2)cc(-c2cccc(-n3c4ccccc4c4cc(-n5c6ccccc6c6ccccc65)ccc43)c2)c1. The third-order valence-electron chi connectivity index (χ3n) is 14.7. The van der Waals surface area contributed by atoms with Crippen LogP contribution in [0.4, 0.5) is 0 Å². The van der Waals surface area contributed by atoms with Gasteiger partial charge >= 0.3 is 0 Å². The highest BCUT2D eigenvalue weighted by Crippen LogP contribution is 2.40.